The number of nitrogens with one attached hydrogen (secondary N) is 2. The first kappa shape index (κ1) is 10.4. The van der Waals surface area contributed by atoms with Crippen LogP contribution in [0.4, 0.5) is 0 Å². The molecule has 0 saturated heterocycles. The van der Waals surface area contributed by atoms with Crippen molar-refractivity contribution in [1.29, 1.82) is 0 Å². The minimum Gasteiger partial charge on any atom is -0.364 e. The maximum Gasteiger partial charge on any atom is 0.186 e. The van der Waals surface area contributed by atoms with Crippen LogP contribution in [0.2, 0.25) is 0 Å². The standard InChI is InChI=1S/C9H17N3S/c1-7-5-3-4-6-8(7)11-12-9(13)10-2/h7H,3-6H2,1-2H3,(H2,10,12,13)/b11-8-. The van der Waals surface area contributed by atoms with E-state index in [0.717, 1.165) is 6.42 Å². The van der Waals surface area contributed by atoms with Crippen LogP contribution >= 0.6 is 12.2 Å². The molecule has 0 aliphatic heterocycles. The fourth-order valence-corrected chi connectivity index (χ4v) is 1.56. The molecule has 2 N–H and O–H groups in total. The summed E-state index contributed by atoms with van der Waals surface area (Å²) in [6.07, 6.45) is 4.96. The Bertz CT molecular complexity index is 213. The molecule has 0 bridgehead atoms. The average molecular weight is 199 g/mol. The first-order valence-electron chi connectivity index (χ1n) is 4.78. The van der Waals surface area contributed by atoms with Crippen LogP contribution in [0.3, 0.4) is 0 Å². The molecule has 74 valence electrons. The number of hydrogen-bond acceptors (Lipinski definition) is 2. The van der Waals surface area contributed by atoms with Crippen LogP contribution in [0.15, 0.2) is 5.10 Å². The molecule has 0 radical (unpaired) electrons. The summed E-state index contributed by atoms with van der Waals surface area (Å²) in [5, 5.41) is 7.72. The van der Waals surface area contributed by atoms with Gasteiger partial charge in [0.25, 0.3) is 0 Å². The van der Waals surface area contributed by atoms with Gasteiger partial charge in [0.1, 0.15) is 0 Å². The van der Waals surface area contributed by atoms with Crippen LogP contribution < -0.4 is 10.7 Å². The van der Waals surface area contributed by atoms with Gasteiger partial charge in [-0.3, -0.25) is 5.43 Å². The molecule has 0 spiro atoms. The van der Waals surface area contributed by atoms with Gasteiger partial charge < -0.3 is 5.32 Å². The smallest absolute Gasteiger partial charge is 0.186 e. The quantitative estimate of drug-likeness (QED) is 0.498. The minimum atomic E-state index is 0.588. The zero-order valence-electron chi connectivity index (χ0n) is 8.26. The molecule has 0 aromatic carbocycles. The van der Waals surface area contributed by atoms with Crippen LogP contribution in [0.5, 0.6) is 0 Å². The van der Waals surface area contributed by atoms with Gasteiger partial charge in [-0.2, -0.15) is 5.10 Å². The lowest BCUT2D eigenvalue weighted by Gasteiger charge is -2.19. The van der Waals surface area contributed by atoms with E-state index in [2.05, 4.69) is 22.8 Å². The van der Waals surface area contributed by atoms with Gasteiger partial charge in [0.05, 0.1) is 0 Å². The summed E-state index contributed by atoms with van der Waals surface area (Å²) in [7, 11) is 1.79. The Hall–Kier alpha value is -0.640. The van der Waals surface area contributed by atoms with Gasteiger partial charge in [-0.1, -0.05) is 13.3 Å². The zero-order valence-corrected chi connectivity index (χ0v) is 9.08. The van der Waals surface area contributed by atoms with E-state index in [1.54, 1.807) is 7.05 Å². The van der Waals surface area contributed by atoms with E-state index in [1.165, 1.54) is 25.0 Å². The summed E-state index contributed by atoms with van der Waals surface area (Å²) < 4.78 is 0. The molecule has 1 rings (SSSR count). The first-order chi connectivity index (χ1) is 6.24. The minimum absolute atomic E-state index is 0.588. The Morgan fingerprint density at radius 2 is 2.31 bits per heavy atom. The monoisotopic (exact) mass is 199 g/mol. The first-order valence-corrected chi connectivity index (χ1v) is 5.19. The predicted octanol–water partition coefficient (Wildman–Crippen LogP) is 1.65. The van der Waals surface area contributed by atoms with Crippen LogP contribution in [0, 0.1) is 5.92 Å². The van der Waals surface area contributed by atoms with Crippen molar-refractivity contribution < 1.29 is 0 Å². The van der Waals surface area contributed by atoms with E-state index in [4.69, 9.17) is 12.2 Å². The summed E-state index contributed by atoms with van der Waals surface area (Å²) in [6.45, 7) is 2.22. The van der Waals surface area contributed by atoms with Gasteiger partial charge in [0.2, 0.25) is 0 Å². The molecular weight excluding hydrogens is 182 g/mol. The van der Waals surface area contributed by atoms with Gasteiger partial charge in [-0.25, -0.2) is 0 Å². The summed E-state index contributed by atoms with van der Waals surface area (Å²) in [5.41, 5.74) is 4.09. The second-order valence-corrected chi connectivity index (χ2v) is 3.85. The SMILES string of the molecule is CNC(=S)N/N=C1/CCCCC1C. The van der Waals surface area contributed by atoms with Gasteiger partial charge in [-0.05, 0) is 37.4 Å². The lowest BCUT2D eigenvalue weighted by molar-refractivity contribution is 0.555. The molecule has 0 aromatic rings. The van der Waals surface area contributed by atoms with Gasteiger partial charge in [0.15, 0.2) is 5.11 Å². The number of rotatable bonds is 1. The maximum absolute atomic E-state index is 4.93. The van der Waals surface area contributed by atoms with Crippen LogP contribution in [0.25, 0.3) is 0 Å². The lowest BCUT2D eigenvalue weighted by Crippen LogP contribution is -2.30. The van der Waals surface area contributed by atoms with Crippen molar-refractivity contribution in [3.63, 3.8) is 0 Å². The van der Waals surface area contributed by atoms with Crippen molar-refractivity contribution in [2.75, 3.05) is 7.05 Å². The molecule has 1 saturated carbocycles. The largest absolute Gasteiger partial charge is 0.364 e. The summed E-state index contributed by atoms with van der Waals surface area (Å²) >= 11 is 4.93. The van der Waals surface area contributed by atoms with E-state index in [-0.39, 0.29) is 0 Å². The van der Waals surface area contributed by atoms with Crippen molar-refractivity contribution in [2.24, 2.45) is 11.0 Å². The second kappa shape index (κ2) is 5.17. The molecule has 0 amide bonds. The fourth-order valence-electron chi connectivity index (χ4n) is 1.51. The van der Waals surface area contributed by atoms with Gasteiger partial charge in [-0.15, -0.1) is 0 Å². The molecule has 1 aliphatic rings. The molecule has 13 heavy (non-hydrogen) atoms. The number of hydrazone groups is 1. The summed E-state index contributed by atoms with van der Waals surface area (Å²) in [4.78, 5) is 0. The van der Waals surface area contributed by atoms with E-state index >= 15 is 0 Å². The highest BCUT2D eigenvalue weighted by atomic mass is 32.1. The Kier molecular flexibility index (Phi) is 4.15. The second-order valence-electron chi connectivity index (χ2n) is 3.44. The summed E-state index contributed by atoms with van der Waals surface area (Å²) in [6, 6.07) is 0. The third kappa shape index (κ3) is 3.30. The van der Waals surface area contributed by atoms with E-state index in [9.17, 15) is 0 Å². The summed E-state index contributed by atoms with van der Waals surface area (Å²) in [5.74, 6) is 0.612. The van der Waals surface area contributed by atoms with Crippen LogP contribution in [-0.2, 0) is 0 Å². The Labute approximate surface area is 85.0 Å². The molecule has 3 nitrogen and oxygen atoms in total. The molecule has 1 unspecified atom stereocenters. The highest BCUT2D eigenvalue weighted by Gasteiger charge is 2.15. The molecule has 4 heteroatoms. The molecule has 0 aromatic heterocycles. The van der Waals surface area contributed by atoms with E-state index in [1.807, 2.05) is 0 Å². The Morgan fingerprint density at radius 1 is 1.54 bits per heavy atom. The number of nitrogens with zero attached hydrogens (tertiary/aromatic N) is 1. The number of hydrogen-bond donors (Lipinski definition) is 2. The predicted molar refractivity (Wildman–Crippen MR) is 59.9 cm³/mol. The molecule has 1 atom stereocenters. The zero-order chi connectivity index (χ0) is 9.68. The van der Waals surface area contributed by atoms with Crippen molar-refractivity contribution in [1.82, 2.24) is 10.7 Å². The molecule has 1 fully saturated rings. The van der Waals surface area contributed by atoms with Crippen molar-refractivity contribution in [3.05, 3.63) is 0 Å². The highest BCUT2D eigenvalue weighted by molar-refractivity contribution is 7.80. The van der Waals surface area contributed by atoms with Gasteiger partial charge >= 0.3 is 0 Å². The fraction of sp³-hybridized carbons (Fsp3) is 0.778. The molecule has 1 aliphatic carbocycles. The third-order valence-electron chi connectivity index (χ3n) is 2.42. The van der Waals surface area contributed by atoms with E-state index < -0.39 is 0 Å². The molecular formula is C9H17N3S. The van der Waals surface area contributed by atoms with Crippen LogP contribution in [-0.4, -0.2) is 17.9 Å². The van der Waals surface area contributed by atoms with Gasteiger partial charge in [0, 0.05) is 12.8 Å². The maximum atomic E-state index is 4.93. The van der Waals surface area contributed by atoms with Crippen molar-refractivity contribution in [2.45, 2.75) is 32.6 Å². The molecule has 0 heterocycles. The van der Waals surface area contributed by atoms with Crippen LogP contribution in [0.1, 0.15) is 32.6 Å². The van der Waals surface area contributed by atoms with E-state index in [0.29, 0.717) is 11.0 Å². The Morgan fingerprint density at radius 3 is 2.92 bits per heavy atom. The lowest BCUT2D eigenvalue weighted by atomic mass is 9.89. The highest BCUT2D eigenvalue weighted by Crippen LogP contribution is 2.20. The Balaban J connectivity index is 2.43. The topological polar surface area (TPSA) is 36.4 Å². The average Bonchev–Trinajstić information content (AvgIpc) is 2.16. The van der Waals surface area contributed by atoms with Crippen molar-refractivity contribution >= 4 is 23.0 Å². The number of thiocarbonyl (C=S) groups is 1. The normalized spacial score (nSPS) is 25.7. The third-order valence-corrected chi connectivity index (χ3v) is 2.71. The van der Waals surface area contributed by atoms with Crippen molar-refractivity contribution in [3.8, 4) is 0 Å².